The third-order valence-corrected chi connectivity index (χ3v) is 20.7. The van der Waals surface area contributed by atoms with Crippen LogP contribution in [0.5, 0.6) is 0 Å². The van der Waals surface area contributed by atoms with Gasteiger partial charge in [-0.3, -0.25) is 57.5 Å². The lowest BCUT2D eigenvalue weighted by Gasteiger charge is -2.41. The number of fused-ring (bicyclic) bond motifs is 1. The molecule has 5 fully saturated rings. The van der Waals surface area contributed by atoms with E-state index in [1.165, 1.54) is 79.9 Å². The molecule has 3 aliphatic heterocycles. The molecule has 0 aromatic heterocycles. The van der Waals surface area contributed by atoms with Crippen LogP contribution in [0.4, 0.5) is 13.2 Å². The number of hydrogen-bond acceptors (Lipinski definition) is 12. The van der Waals surface area contributed by atoms with Crippen LogP contribution in [0.3, 0.4) is 0 Å². The predicted octanol–water partition coefficient (Wildman–Crippen LogP) is 4.72. The van der Waals surface area contributed by atoms with E-state index >= 15 is 14.4 Å². The highest BCUT2D eigenvalue weighted by molar-refractivity contribution is 6.31. The number of likely N-dealkylation sites (tertiary alicyclic amines) is 1. The largest absolute Gasteiger partial charge is 0.417 e. The number of halogens is 4. The first-order valence-electron chi connectivity index (χ1n) is 34.2. The second-order valence-corrected chi connectivity index (χ2v) is 28.7. The van der Waals surface area contributed by atoms with Gasteiger partial charge in [0, 0.05) is 69.0 Å². The Hall–Kier alpha value is -7.06. The Labute approximate surface area is 568 Å². The van der Waals surface area contributed by atoms with Crippen LogP contribution in [-0.4, -0.2) is 251 Å². The average Bonchev–Trinajstić information content (AvgIpc) is 1.41. The summed E-state index contributed by atoms with van der Waals surface area (Å²) in [6.45, 7) is 9.82. The SMILES string of the molecule is CC[C@H](C)[C@@H]1NC(=O)[C@H](CC(C)C)N(C)C(=O)C[C@@H](C(=O)N2CCCC2)N(C)C(=O)[C@H](C(C)C)N(C)C(=O)C2(CCCC2)NC(=O)[C@@H]2CCCN2C(=O)[C@H](CCc2ccc(C(F)(F)F)c(Cl)c2)NC(=O)CN(C)C(=O)[C@H](CC2CCCC2)N(C)C(=O)CN(C)C(=O)CN(C)C1=O. The summed E-state index contributed by atoms with van der Waals surface area (Å²) in [6, 6.07) is -5.65. The number of carbonyl (C=O) groups excluding carboxylic acids is 12. The Morgan fingerprint density at radius 2 is 1.25 bits per heavy atom. The molecule has 0 radical (unpaired) electrons. The van der Waals surface area contributed by atoms with Crippen molar-refractivity contribution in [2.75, 3.05) is 88.6 Å². The van der Waals surface area contributed by atoms with Gasteiger partial charge in [0.05, 0.1) is 36.6 Å². The van der Waals surface area contributed by atoms with Crippen LogP contribution in [0.15, 0.2) is 18.2 Å². The molecule has 96 heavy (non-hydrogen) atoms. The van der Waals surface area contributed by atoms with Crippen LogP contribution in [0.2, 0.25) is 5.02 Å². The van der Waals surface area contributed by atoms with Crippen molar-refractivity contribution >= 4 is 82.5 Å². The van der Waals surface area contributed by atoms with Gasteiger partial charge in [0.25, 0.3) is 0 Å². The van der Waals surface area contributed by atoms with E-state index in [2.05, 4.69) is 16.0 Å². The standard InChI is InChI=1S/C68H104ClF3N12O12/c1-14-43(6)57-64(94)78(9)39-55(87)76(7)40-56(88)80(11)51(36-44-22-15-16-23-44)62(92)77(8)38-53(85)73-48(28-26-45-25-27-46(47(69)35-45)68(70,71)72)61(91)84-33-21-24-49(84)60(90)75-67(29-17-18-30-67)66(96)82(13)58(42(4)5)65(95)81(12)52(63(93)83-31-19-20-32-83)37-54(86)79(10)50(34-41(2)3)59(89)74-57/h25,27,35,41-44,48-52,57-58H,14-24,26,28-34,36-40H2,1-13H3,(H,73,85)(H,74,89)(H,75,90)/t43-,48-,49-,50-,51-,52-,57-,58-/m0/s1. The molecule has 6 rings (SSSR count). The summed E-state index contributed by atoms with van der Waals surface area (Å²) >= 11 is 6.13. The smallest absolute Gasteiger partial charge is 0.343 e. The van der Waals surface area contributed by atoms with Crippen molar-refractivity contribution in [2.45, 2.75) is 211 Å². The molecule has 0 bridgehead atoms. The minimum atomic E-state index is -4.76. The van der Waals surface area contributed by atoms with Crippen molar-refractivity contribution in [2.24, 2.45) is 23.7 Å². The van der Waals surface area contributed by atoms with Crippen molar-refractivity contribution in [3.05, 3.63) is 34.3 Å². The van der Waals surface area contributed by atoms with E-state index in [1.54, 1.807) is 25.7 Å². The summed E-state index contributed by atoms with van der Waals surface area (Å²) in [4.78, 5) is 188. The third kappa shape index (κ3) is 19.2. The molecule has 3 N–H and O–H groups in total. The number of rotatable bonds is 11. The molecule has 1 aromatic carbocycles. The molecular formula is C68H104ClF3N12O12. The highest BCUT2D eigenvalue weighted by atomic mass is 35.5. The van der Waals surface area contributed by atoms with E-state index in [9.17, 15) is 56.3 Å². The van der Waals surface area contributed by atoms with Crippen molar-refractivity contribution in [1.82, 2.24) is 60.0 Å². The van der Waals surface area contributed by atoms with Crippen molar-refractivity contribution in [3.8, 4) is 0 Å². The Balaban J connectivity index is 1.41. The maximum atomic E-state index is 15.4. The molecule has 2 saturated carbocycles. The van der Waals surface area contributed by atoms with Gasteiger partial charge >= 0.3 is 6.18 Å². The summed E-state index contributed by atoms with van der Waals surface area (Å²) in [5.41, 5.74) is -2.36. The summed E-state index contributed by atoms with van der Waals surface area (Å²) in [5.74, 6) is -9.16. The zero-order valence-electron chi connectivity index (χ0n) is 58.5. The van der Waals surface area contributed by atoms with Gasteiger partial charge in [-0.15, -0.1) is 0 Å². The molecule has 3 saturated heterocycles. The maximum absolute atomic E-state index is 15.4. The van der Waals surface area contributed by atoms with E-state index in [-0.39, 0.29) is 63.3 Å². The first-order chi connectivity index (χ1) is 45.0. The average molecular weight is 1370 g/mol. The molecule has 1 spiro atoms. The number of aryl methyl sites for hydroxylation is 1. The number of carbonyl (C=O) groups is 12. The summed E-state index contributed by atoms with van der Waals surface area (Å²) in [6.07, 6.45) is 1.61. The lowest BCUT2D eigenvalue weighted by molar-refractivity contribution is -0.156. The van der Waals surface area contributed by atoms with Gasteiger partial charge in [0.2, 0.25) is 70.9 Å². The maximum Gasteiger partial charge on any atom is 0.417 e. The van der Waals surface area contributed by atoms with Crippen molar-refractivity contribution in [1.29, 1.82) is 0 Å². The monoisotopic (exact) mass is 1370 g/mol. The van der Waals surface area contributed by atoms with Crippen molar-refractivity contribution in [3.63, 3.8) is 0 Å². The van der Waals surface area contributed by atoms with Crippen LogP contribution < -0.4 is 16.0 Å². The molecule has 28 heteroatoms. The minimum Gasteiger partial charge on any atom is -0.343 e. The van der Waals surface area contributed by atoms with Gasteiger partial charge in [-0.05, 0) is 106 Å². The first-order valence-corrected chi connectivity index (χ1v) is 34.6. The Bertz CT molecular complexity index is 3010. The van der Waals surface area contributed by atoms with Crippen LogP contribution in [-0.2, 0) is 70.1 Å². The molecule has 24 nitrogen and oxygen atoms in total. The van der Waals surface area contributed by atoms with Gasteiger partial charge in [-0.25, -0.2) is 0 Å². The molecule has 536 valence electrons. The van der Waals surface area contributed by atoms with E-state index in [0.717, 1.165) is 52.5 Å². The molecule has 8 atom stereocenters. The number of hydrogen-bond donors (Lipinski definition) is 3. The van der Waals surface area contributed by atoms with E-state index in [4.69, 9.17) is 11.6 Å². The number of amides is 12. The fourth-order valence-electron chi connectivity index (χ4n) is 14.3. The topological polar surface area (TPSA) is 270 Å². The second-order valence-electron chi connectivity index (χ2n) is 28.3. The zero-order valence-corrected chi connectivity index (χ0v) is 59.2. The fraction of sp³-hybridized carbons (Fsp3) is 0.735. The number of nitrogens with one attached hydrogen (secondary N) is 3. The van der Waals surface area contributed by atoms with Crippen molar-refractivity contribution < 1.29 is 70.7 Å². The molecule has 5 aliphatic rings. The second kappa shape index (κ2) is 33.9. The molecule has 12 amide bonds. The Morgan fingerprint density at radius 3 is 1.83 bits per heavy atom. The number of likely N-dealkylation sites (N-methyl/N-ethyl adjacent to an activating group) is 7. The normalized spacial score (nSPS) is 26.2. The highest BCUT2D eigenvalue weighted by Crippen LogP contribution is 2.37. The first kappa shape index (κ1) is 77.9. The Kier molecular flexibility index (Phi) is 27.6. The van der Waals surface area contributed by atoms with Crippen LogP contribution in [0, 0.1) is 23.7 Å². The van der Waals surface area contributed by atoms with E-state index in [0.29, 0.717) is 57.2 Å². The van der Waals surface area contributed by atoms with Gasteiger partial charge in [0.15, 0.2) is 0 Å². The summed E-state index contributed by atoms with van der Waals surface area (Å²) < 4.78 is 41.4. The Morgan fingerprint density at radius 1 is 0.646 bits per heavy atom. The zero-order chi connectivity index (χ0) is 71.4. The van der Waals surface area contributed by atoms with Gasteiger partial charge in [-0.1, -0.05) is 104 Å². The van der Waals surface area contributed by atoms with Gasteiger partial charge < -0.3 is 60.0 Å². The van der Waals surface area contributed by atoms with E-state index in [1.807, 2.05) is 20.8 Å². The van der Waals surface area contributed by atoms with E-state index < -0.39 is 173 Å². The molecular weight excluding hydrogens is 1270 g/mol. The summed E-state index contributed by atoms with van der Waals surface area (Å²) in [7, 11) is 9.80. The third-order valence-electron chi connectivity index (χ3n) is 20.4. The quantitative estimate of drug-likeness (QED) is 0.272. The number of benzene rings is 1. The number of alkyl halides is 3. The summed E-state index contributed by atoms with van der Waals surface area (Å²) in [5, 5.41) is 8.05. The minimum absolute atomic E-state index is 0.0292. The lowest BCUT2D eigenvalue weighted by atomic mass is 9.91. The molecule has 3 heterocycles. The van der Waals surface area contributed by atoms with Crippen LogP contribution in [0.25, 0.3) is 0 Å². The molecule has 0 unspecified atom stereocenters. The van der Waals surface area contributed by atoms with Crippen LogP contribution >= 0.6 is 11.6 Å². The van der Waals surface area contributed by atoms with Crippen LogP contribution in [0.1, 0.15) is 162 Å². The molecule has 2 aliphatic carbocycles. The van der Waals surface area contributed by atoms with Gasteiger partial charge in [-0.2, -0.15) is 13.2 Å². The lowest BCUT2D eigenvalue weighted by Crippen LogP contribution is -2.65. The number of nitrogens with zero attached hydrogens (tertiary/aromatic N) is 9. The van der Waals surface area contributed by atoms with Gasteiger partial charge in [0.1, 0.15) is 47.8 Å². The highest BCUT2D eigenvalue weighted by Gasteiger charge is 2.51. The predicted molar refractivity (Wildman–Crippen MR) is 353 cm³/mol. The fourth-order valence-corrected chi connectivity index (χ4v) is 14.6. The molecule has 1 aromatic rings.